The average molecular weight is 436 g/mol. The maximum absolute atomic E-state index is 13.7. The summed E-state index contributed by atoms with van der Waals surface area (Å²) in [7, 11) is 0. The molecule has 2 aliphatic heterocycles. The van der Waals surface area contributed by atoms with Crippen molar-refractivity contribution in [1.29, 1.82) is 0 Å². The summed E-state index contributed by atoms with van der Waals surface area (Å²) in [4.78, 5) is 0. The van der Waals surface area contributed by atoms with Gasteiger partial charge in [0.15, 0.2) is 35.4 Å². The molecule has 162 valence electrons. The zero-order valence-corrected chi connectivity index (χ0v) is 18.1. The Hall–Kier alpha value is -2.14. The highest BCUT2D eigenvalue weighted by Crippen LogP contribution is 2.37. The van der Waals surface area contributed by atoms with Crippen molar-refractivity contribution >= 4 is 5.71 Å². The van der Waals surface area contributed by atoms with Crippen molar-refractivity contribution < 1.29 is 35.2 Å². The maximum atomic E-state index is 13.7. The summed E-state index contributed by atoms with van der Waals surface area (Å²) in [5.41, 5.74) is 4.54. The minimum Gasteiger partial charge on any atom is -1.00 e. The van der Waals surface area contributed by atoms with Crippen LogP contribution in [0.4, 0.5) is 8.78 Å². The summed E-state index contributed by atoms with van der Waals surface area (Å²) in [5, 5.41) is 0. The molecule has 0 unspecified atom stereocenters. The van der Waals surface area contributed by atoms with Gasteiger partial charge in [0.2, 0.25) is 6.79 Å². The van der Waals surface area contributed by atoms with Crippen LogP contribution < -0.4 is 21.9 Å². The van der Waals surface area contributed by atoms with Gasteiger partial charge < -0.3 is 21.9 Å². The first-order valence-electron chi connectivity index (χ1n) is 10.6. The number of nitrogens with zero attached hydrogens (tertiary/aromatic N) is 1. The first kappa shape index (κ1) is 22.5. The van der Waals surface area contributed by atoms with E-state index in [9.17, 15) is 8.78 Å². The van der Waals surface area contributed by atoms with Gasteiger partial charge in [-0.05, 0) is 42.3 Å². The third-order valence-electron chi connectivity index (χ3n) is 5.82. The lowest BCUT2D eigenvalue weighted by Crippen LogP contribution is -3.00. The van der Waals surface area contributed by atoms with Crippen molar-refractivity contribution in [2.24, 2.45) is 0 Å². The van der Waals surface area contributed by atoms with Crippen molar-refractivity contribution in [2.75, 3.05) is 13.3 Å². The number of hydrogen-bond donors (Lipinski definition) is 0. The van der Waals surface area contributed by atoms with E-state index in [1.165, 1.54) is 54.7 Å². The van der Waals surface area contributed by atoms with Gasteiger partial charge in [-0.2, -0.15) is 0 Å². The van der Waals surface area contributed by atoms with Crippen LogP contribution in [-0.2, 0) is 13.0 Å². The molecule has 4 rings (SSSR count). The quantitative estimate of drug-likeness (QED) is 0.469. The standard InChI is InChI=1S/C24H28F2NO2.ClH/c1-2-3-4-5-6-7-22-19-14-24-23(28-16-29-24)13-18(19)10-11-27(22)15-17-8-9-20(25)21(26)12-17;/h8-9,12-14H,2-7,10-11,15-16H2,1H3;1H/q+1;/p-1. The highest BCUT2D eigenvalue weighted by Gasteiger charge is 2.29. The molecular formula is C24H28ClF2NO2. The van der Waals surface area contributed by atoms with Crippen molar-refractivity contribution in [1.82, 2.24) is 0 Å². The van der Waals surface area contributed by atoms with Gasteiger partial charge in [-0.25, -0.2) is 13.4 Å². The number of halogens is 3. The Labute approximate surface area is 183 Å². The summed E-state index contributed by atoms with van der Waals surface area (Å²) < 4.78 is 40.5. The summed E-state index contributed by atoms with van der Waals surface area (Å²) in [5.74, 6) is 0.0250. The van der Waals surface area contributed by atoms with E-state index in [1.807, 2.05) is 0 Å². The van der Waals surface area contributed by atoms with E-state index in [0.717, 1.165) is 42.9 Å². The topological polar surface area (TPSA) is 21.5 Å². The molecule has 0 saturated carbocycles. The van der Waals surface area contributed by atoms with E-state index in [-0.39, 0.29) is 19.2 Å². The summed E-state index contributed by atoms with van der Waals surface area (Å²) in [6, 6.07) is 8.39. The normalized spacial score (nSPS) is 14.5. The molecule has 0 spiro atoms. The Kier molecular flexibility index (Phi) is 7.70. The molecule has 0 amide bonds. The number of benzene rings is 2. The number of ether oxygens (including phenoxy) is 2. The summed E-state index contributed by atoms with van der Waals surface area (Å²) in [6.07, 6.45) is 7.94. The molecule has 3 nitrogen and oxygen atoms in total. The molecule has 2 aromatic carbocycles. The second-order valence-electron chi connectivity index (χ2n) is 7.89. The Balaban J connectivity index is 0.00000256. The molecular weight excluding hydrogens is 408 g/mol. The van der Waals surface area contributed by atoms with Crippen LogP contribution in [0.15, 0.2) is 30.3 Å². The third-order valence-corrected chi connectivity index (χ3v) is 5.82. The highest BCUT2D eigenvalue weighted by atomic mass is 35.5. The van der Waals surface area contributed by atoms with Gasteiger partial charge in [0.05, 0.1) is 0 Å². The van der Waals surface area contributed by atoms with E-state index >= 15 is 0 Å². The van der Waals surface area contributed by atoms with Crippen LogP contribution in [0.25, 0.3) is 0 Å². The zero-order valence-electron chi connectivity index (χ0n) is 17.4. The lowest BCUT2D eigenvalue weighted by molar-refractivity contribution is -0.545. The first-order chi connectivity index (χ1) is 14.2. The van der Waals surface area contributed by atoms with Crippen molar-refractivity contribution in [3.8, 4) is 11.5 Å². The first-order valence-corrected chi connectivity index (χ1v) is 10.6. The molecule has 6 heteroatoms. The fourth-order valence-corrected chi connectivity index (χ4v) is 4.24. The van der Waals surface area contributed by atoms with Crippen LogP contribution in [0.5, 0.6) is 11.5 Å². The molecule has 2 aromatic rings. The average Bonchev–Trinajstić information content (AvgIpc) is 3.17. The molecule has 0 atom stereocenters. The third kappa shape index (κ3) is 4.94. The van der Waals surface area contributed by atoms with Gasteiger partial charge in [-0.1, -0.05) is 32.6 Å². The van der Waals surface area contributed by atoms with Gasteiger partial charge in [-0.15, -0.1) is 0 Å². The van der Waals surface area contributed by atoms with Crippen LogP contribution in [-0.4, -0.2) is 23.6 Å². The van der Waals surface area contributed by atoms with Crippen LogP contribution in [0.3, 0.4) is 0 Å². The minimum absolute atomic E-state index is 0. The van der Waals surface area contributed by atoms with Crippen LogP contribution in [0.2, 0.25) is 0 Å². The van der Waals surface area contributed by atoms with E-state index in [2.05, 4.69) is 23.6 Å². The molecule has 30 heavy (non-hydrogen) atoms. The van der Waals surface area contributed by atoms with Gasteiger partial charge in [-0.3, -0.25) is 0 Å². The lowest BCUT2D eigenvalue weighted by Gasteiger charge is -2.19. The lowest BCUT2D eigenvalue weighted by atomic mass is 9.92. The highest BCUT2D eigenvalue weighted by molar-refractivity contribution is 5.99. The van der Waals surface area contributed by atoms with Gasteiger partial charge in [0.25, 0.3) is 0 Å². The molecule has 0 saturated heterocycles. The molecule has 0 N–H and O–H groups in total. The summed E-state index contributed by atoms with van der Waals surface area (Å²) in [6.45, 7) is 3.92. The largest absolute Gasteiger partial charge is 1.00 e. The second kappa shape index (κ2) is 10.3. The Bertz CT molecular complexity index is 930. The second-order valence-corrected chi connectivity index (χ2v) is 7.89. The number of fused-ring (bicyclic) bond motifs is 2. The van der Waals surface area contributed by atoms with Crippen LogP contribution in [0, 0.1) is 11.6 Å². The van der Waals surface area contributed by atoms with Crippen molar-refractivity contribution in [3.63, 3.8) is 0 Å². The van der Waals surface area contributed by atoms with Gasteiger partial charge >= 0.3 is 0 Å². The van der Waals surface area contributed by atoms with Crippen molar-refractivity contribution in [2.45, 2.75) is 58.4 Å². The van der Waals surface area contributed by atoms with Crippen molar-refractivity contribution in [3.05, 3.63) is 58.7 Å². The van der Waals surface area contributed by atoms with Crippen LogP contribution in [0.1, 0.15) is 62.1 Å². The Morgan fingerprint density at radius 3 is 2.47 bits per heavy atom. The summed E-state index contributed by atoms with van der Waals surface area (Å²) >= 11 is 0. The maximum Gasteiger partial charge on any atom is 0.231 e. The number of unbranched alkanes of at least 4 members (excludes halogenated alkanes) is 4. The number of hydrogen-bond acceptors (Lipinski definition) is 2. The predicted octanol–water partition coefficient (Wildman–Crippen LogP) is 2.62. The fourth-order valence-electron chi connectivity index (χ4n) is 4.24. The molecule has 0 aliphatic carbocycles. The molecule has 0 bridgehead atoms. The van der Waals surface area contributed by atoms with Crippen LogP contribution >= 0.6 is 0 Å². The molecule has 2 aliphatic rings. The van der Waals surface area contributed by atoms with Gasteiger partial charge in [0, 0.05) is 24.0 Å². The molecule has 0 aromatic heterocycles. The minimum atomic E-state index is -0.800. The fraction of sp³-hybridized carbons (Fsp3) is 0.458. The van der Waals surface area contributed by atoms with E-state index in [0.29, 0.717) is 6.54 Å². The molecule has 0 radical (unpaired) electrons. The Morgan fingerprint density at radius 2 is 1.70 bits per heavy atom. The van der Waals surface area contributed by atoms with Gasteiger partial charge in [0.1, 0.15) is 6.54 Å². The van der Waals surface area contributed by atoms with E-state index < -0.39 is 11.6 Å². The van der Waals surface area contributed by atoms with E-state index in [1.54, 1.807) is 6.07 Å². The number of rotatable bonds is 8. The smallest absolute Gasteiger partial charge is 0.231 e. The molecule has 2 heterocycles. The zero-order chi connectivity index (χ0) is 20.2. The SMILES string of the molecule is CCCCCCCC1=[N+](Cc2ccc(F)c(F)c2)CCc2cc3c(cc21)OCO3.[Cl-]. The predicted molar refractivity (Wildman–Crippen MR) is 109 cm³/mol. The van der Waals surface area contributed by atoms with E-state index in [4.69, 9.17) is 9.47 Å². The Morgan fingerprint density at radius 1 is 0.933 bits per heavy atom. The monoisotopic (exact) mass is 435 g/mol. The molecule has 0 fully saturated rings.